The molecule has 0 saturated heterocycles. The highest BCUT2D eigenvalue weighted by molar-refractivity contribution is 7.16. The van der Waals surface area contributed by atoms with Crippen LogP contribution in [-0.4, -0.2) is 4.57 Å². The molecular formula is C12H12ClN3S. The molecule has 0 radical (unpaired) electrons. The van der Waals surface area contributed by atoms with Gasteiger partial charge in [-0.2, -0.15) is 5.26 Å². The van der Waals surface area contributed by atoms with Gasteiger partial charge in [0.15, 0.2) is 0 Å². The van der Waals surface area contributed by atoms with Gasteiger partial charge in [-0.15, -0.1) is 11.3 Å². The van der Waals surface area contributed by atoms with Gasteiger partial charge in [0.1, 0.15) is 11.9 Å². The molecule has 0 aliphatic carbocycles. The third kappa shape index (κ3) is 2.04. The Morgan fingerprint density at radius 1 is 1.47 bits per heavy atom. The zero-order valence-electron chi connectivity index (χ0n) is 9.62. The van der Waals surface area contributed by atoms with Crippen molar-refractivity contribution in [3.05, 3.63) is 38.2 Å². The molecule has 2 aromatic heterocycles. The lowest BCUT2D eigenvalue weighted by Crippen LogP contribution is -2.05. The highest BCUT2D eigenvalue weighted by atomic mass is 35.5. The van der Waals surface area contributed by atoms with Gasteiger partial charge in [-0.25, -0.2) is 0 Å². The Kier molecular flexibility index (Phi) is 3.14. The summed E-state index contributed by atoms with van der Waals surface area (Å²) in [5.74, 6) is 0.534. The first kappa shape index (κ1) is 12.0. The second-order valence-corrected chi connectivity index (χ2v) is 5.67. The van der Waals surface area contributed by atoms with E-state index in [9.17, 15) is 0 Å². The van der Waals surface area contributed by atoms with E-state index in [0.29, 0.717) is 17.9 Å². The van der Waals surface area contributed by atoms with E-state index < -0.39 is 0 Å². The van der Waals surface area contributed by atoms with Crippen molar-refractivity contribution in [3.8, 4) is 6.07 Å². The maximum Gasteiger partial charge on any atom is 0.122 e. The van der Waals surface area contributed by atoms with Crippen LogP contribution in [0, 0.1) is 25.2 Å². The average Bonchev–Trinajstić information content (AvgIpc) is 2.78. The van der Waals surface area contributed by atoms with Crippen molar-refractivity contribution >= 4 is 28.8 Å². The standard InChI is InChI=1S/C12H12ClN3S/c1-7-8(2)16(12(15)10(7)5-14)6-9-3-4-11(13)17-9/h3-4H,6,15H2,1-2H3. The fourth-order valence-electron chi connectivity index (χ4n) is 1.83. The predicted molar refractivity (Wildman–Crippen MR) is 71.5 cm³/mol. The number of hydrogen-bond acceptors (Lipinski definition) is 3. The number of nitrogens with zero attached hydrogens (tertiary/aromatic N) is 2. The normalized spacial score (nSPS) is 10.5. The average molecular weight is 266 g/mol. The molecule has 0 saturated carbocycles. The van der Waals surface area contributed by atoms with E-state index in [4.69, 9.17) is 22.6 Å². The van der Waals surface area contributed by atoms with Crippen LogP contribution in [0.4, 0.5) is 5.82 Å². The number of rotatable bonds is 2. The lowest BCUT2D eigenvalue weighted by molar-refractivity contribution is 0.795. The highest BCUT2D eigenvalue weighted by Gasteiger charge is 2.15. The number of halogens is 1. The maximum atomic E-state index is 9.05. The predicted octanol–water partition coefficient (Wildman–Crippen LogP) is 3.32. The van der Waals surface area contributed by atoms with Crippen LogP contribution in [0.3, 0.4) is 0 Å². The van der Waals surface area contributed by atoms with Crippen molar-refractivity contribution in [1.82, 2.24) is 4.57 Å². The second-order valence-electron chi connectivity index (χ2n) is 3.87. The van der Waals surface area contributed by atoms with E-state index in [2.05, 4.69) is 6.07 Å². The summed E-state index contributed by atoms with van der Waals surface area (Å²) in [6, 6.07) is 6.00. The third-order valence-electron chi connectivity index (χ3n) is 2.92. The first-order valence-electron chi connectivity index (χ1n) is 5.14. The van der Waals surface area contributed by atoms with Crippen molar-refractivity contribution in [2.75, 3.05) is 5.73 Å². The Bertz CT molecular complexity index is 604. The largest absolute Gasteiger partial charge is 0.384 e. The van der Waals surface area contributed by atoms with E-state index >= 15 is 0 Å². The lowest BCUT2D eigenvalue weighted by atomic mass is 10.2. The first-order chi connectivity index (χ1) is 8.04. The van der Waals surface area contributed by atoms with E-state index in [0.717, 1.165) is 20.5 Å². The summed E-state index contributed by atoms with van der Waals surface area (Å²) in [5, 5.41) is 9.05. The number of nitrogen functional groups attached to an aromatic ring is 1. The molecule has 0 aliphatic heterocycles. The van der Waals surface area contributed by atoms with Crippen molar-refractivity contribution in [2.24, 2.45) is 0 Å². The number of thiophene rings is 1. The molecule has 0 unspecified atom stereocenters. The Hall–Kier alpha value is -1.44. The molecule has 0 amide bonds. The Labute approximate surface area is 109 Å². The summed E-state index contributed by atoms with van der Waals surface area (Å²) in [4.78, 5) is 1.13. The molecule has 0 aromatic carbocycles. The number of anilines is 1. The minimum Gasteiger partial charge on any atom is -0.384 e. The van der Waals surface area contributed by atoms with Crippen molar-refractivity contribution in [3.63, 3.8) is 0 Å². The third-order valence-corrected chi connectivity index (χ3v) is 4.14. The van der Waals surface area contributed by atoms with Crippen molar-refractivity contribution < 1.29 is 0 Å². The summed E-state index contributed by atoms with van der Waals surface area (Å²) in [6.07, 6.45) is 0. The van der Waals surface area contributed by atoms with Gasteiger partial charge in [0.05, 0.1) is 16.4 Å². The number of hydrogen-bond donors (Lipinski definition) is 1. The molecule has 0 spiro atoms. The van der Waals surface area contributed by atoms with Gasteiger partial charge in [0.25, 0.3) is 0 Å². The Morgan fingerprint density at radius 2 is 2.18 bits per heavy atom. The van der Waals surface area contributed by atoms with Gasteiger partial charge in [-0.3, -0.25) is 0 Å². The van der Waals surface area contributed by atoms with Crippen LogP contribution in [0.1, 0.15) is 21.7 Å². The smallest absolute Gasteiger partial charge is 0.122 e. The minimum atomic E-state index is 0.534. The molecule has 0 aliphatic rings. The van der Waals surface area contributed by atoms with Crippen LogP contribution in [0.25, 0.3) is 0 Å². The number of nitriles is 1. The zero-order chi connectivity index (χ0) is 12.6. The quantitative estimate of drug-likeness (QED) is 0.906. The summed E-state index contributed by atoms with van der Waals surface area (Å²) < 4.78 is 2.72. The molecule has 88 valence electrons. The molecule has 0 bridgehead atoms. The highest BCUT2D eigenvalue weighted by Crippen LogP contribution is 2.27. The number of nitrogens with two attached hydrogens (primary N) is 1. The monoisotopic (exact) mass is 265 g/mol. The molecule has 0 atom stereocenters. The zero-order valence-corrected chi connectivity index (χ0v) is 11.2. The van der Waals surface area contributed by atoms with Gasteiger partial charge >= 0.3 is 0 Å². The molecule has 0 fully saturated rings. The van der Waals surface area contributed by atoms with Crippen LogP contribution in [0.2, 0.25) is 4.34 Å². The Balaban J connectivity index is 2.44. The topological polar surface area (TPSA) is 54.7 Å². The van der Waals surface area contributed by atoms with Crippen LogP contribution in [-0.2, 0) is 6.54 Å². The molecule has 2 rings (SSSR count). The summed E-state index contributed by atoms with van der Waals surface area (Å²) in [6.45, 7) is 4.56. The molecular weight excluding hydrogens is 254 g/mol. The van der Waals surface area contributed by atoms with Crippen molar-refractivity contribution in [2.45, 2.75) is 20.4 Å². The molecule has 2 aromatic rings. The summed E-state index contributed by atoms with van der Waals surface area (Å²) in [5.41, 5.74) is 8.54. The molecule has 5 heteroatoms. The molecule has 17 heavy (non-hydrogen) atoms. The molecule has 3 nitrogen and oxygen atoms in total. The fourth-order valence-corrected chi connectivity index (χ4v) is 2.91. The van der Waals surface area contributed by atoms with Gasteiger partial charge in [-0.05, 0) is 31.5 Å². The van der Waals surface area contributed by atoms with Crippen LogP contribution >= 0.6 is 22.9 Å². The SMILES string of the molecule is Cc1c(C#N)c(N)n(Cc2ccc(Cl)s2)c1C. The van der Waals surface area contributed by atoms with Crippen LogP contribution in [0.15, 0.2) is 12.1 Å². The fraction of sp³-hybridized carbons (Fsp3) is 0.250. The van der Waals surface area contributed by atoms with Gasteiger partial charge < -0.3 is 10.3 Å². The maximum absolute atomic E-state index is 9.05. The summed E-state index contributed by atoms with van der Waals surface area (Å²) in [7, 11) is 0. The lowest BCUT2D eigenvalue weighted by Gasteiger charge is -2.07. The van der Waals surface area contributed by atoms with E-state index in [-0.39, 0.29) is 0 Å². The molecule has 2 heterocycles. The van der Waals surface area contributed by atoms with E-state index in [1.807, 2.05) is 30.5 Å². The number of aromatic nitrogens is 1. The summed E-state index contributed by atoms with van der Waals surface area (Å²) >= 11 is 7.42. The van der Waals surface area contributed by atoms with Gasteiger partial charge in [0, 0.05) is 10.6 Å². The molecule has 2 N–H and O–H groups in total. The first-order valence-corrected chi connectivity index (χ1v) is 6.33. The van der Waals surface area contributed by atoms with Crippen LogP contribution in [0.5, 0.6) is 0 Å². The minimum absolute atomic E-state index is 0.534. The Morgan fingerprint density at radius 3 is 2.65 bits per heavy atom. The van der Waals surface area contributed by atoms with Gasteiger partial charge in [-0.1, -0.05) is 11.6 Å². The van der Waals surface area contributed by atoms with Crippen molar-refractivity contribution in [1.29, 1.82) is 5.26 Å². The van der Waals surface area contributed by atoms with Gasteiger partial charge in [0.2, 0.25) is 0 Å². The van der Waals surface area contributed by atoms with Crippen LogP contribution < -0.4 is 5.73 Å². The van der Waals surface area contributed by atoms with E-state index in [1.165, 1.54) is 11.3 Å². The second kappa shape index (κ2) is 4.44. The van der Waals surface area contributed by atoms with E-state index in [1.54, 1.807) is 0 Å².